The fourth-order valence-corrected chi connectivity index (χ4v) is 1.41. The molecule has 0 atom stereocenters. The zero-order valence-corrected chi connectivity index (χ0v) is 11.1. The highest BCUT2D eigenvalue weighted by atomic mass is 16.5. The van der Waals surface area contributed by atoms with Crippen molar-refractivity contribution in [2.24, 2.45) is 0 Å². The highest BCUT2D eigenvalue weighted by Crippen LogP contribution is 2.04. The molecule has 0 saturated carbocycles. The molecule has 1 heterocycles. The van der Waals surface area contributed by atoms with Crippen molar-refractivity contribution in [3.05, 3.63) is 17.5 Å². The third-order valence-corrected chi connectivity index (χ3v) is 2.27. The van der Waals surface area contributed by atoms with Crippen LogP contribution >= 0.6 is 0 Å². The van der Waals surface area contributed by atoms with Gasteiger partial charge in [-0.2, -0.15) is 0 Å². The molecule has 0 fully saturated rings. The van der Waals surface area contributed by atoms with Crippen LogP contribution in [0.15, 0.2) is 6.07 Å². The zero-order valence-electron chi connectivity index (χ0n) is 11.1. The molecule has 0 aromatic carbocycles. The van der Waals surface area contributed by atoms with Crippen LogP contribution in [0.3, 0.4) is 0 Å². The molecule has 0 saturated heterocycles. The summed E-state index contributed by atoms with van der Waals surface area (Å²) in [4.78, 5) is 20.1. The third kappa shape index (κ3) is 4.67. The van der Waals surface area contributed by atoms with Crippen molar-refractivity contribution in [3.8, 4) is 0 Å². The average molecular weight is 252 g/mol. The van der Waals surface area contributed by atoms with E-state index >= 15 is 0 Å². The number of ether oxygens (including phenoxy) is 1. The Morgan fingerprint density at radius 3 is 2.89 bits per heavy atom. The molecule has 0 aliphatic carbocycles. The normalized spacial score (nSPS) is 10.2. The number of carbonyl (C=O) groups is 1. The van der Waals surface area contributed by atoms with Gasteiger partial charge in [0, 0.05) is 32.5 Å². The summed E-state index contributed by atoms with van der Waals surface area (Å²) in [5.41, 5.74) is 1.14. The first-order valence-corrected chi connectivity index (χ1v) is 6.06. The zero-order chi connectivity index (χ0) is 13.4. The Balaban J connectivity index is 2.48. The summed E-state index contributed by atoms with van der Waals surface area (Å²) >= 11 is 0. The maximum Gasteiger partial charge on any atom is 0.270 e. The van der Waals surface area contributed by atoms with E-state index in [9.17, 15) is 4.79 Å². The number of carbonyl (C=O) groups excluding carboxylic acids is 1. The minimum atomic E-state index is -0.187. The van der Waals surface area contributed by atoms with Gasteiger partial charge in [-0.25, -0.2) is 9.97 Å². The van der Waals surface area contributed by atoms with Gasteiger partial charge in [-0.3, -0.25) is 4.79 Å². The minimum Gasteiger partial charge on any atom is -0.382 e. The second-order valence-electron chi connectivity index (χ2n) is 3.77. The van der Waals surface area contributed by atoms with E-state index in [0.717, 1.165) is 12.1 Å². The third-order valence-electron chi connectivity index (χ3n) is 2.27. The second-order valence-corrected chi connectivity index (χ2v) is 3.77. The van der Waals surface area contributed by atoms with Crippen LogP contribution in [0, 0.1) is 6.92 Å². The molecule has 6 heteroatoms. The maximum atomic E-state index is 11.8. The second kappa shape index (κ2) is 7.60. The van der Waals surface area contributed by atoms with Crippen LogP contribution in [0.25, 0.3) is 0 Å². The Hall–Kier alpha value is -1.69. The van der Waals surface area contributed by atoms with Gasteiger partial charge in [0.15, 0.2) is 0 Å². The van der Waals surface area contributed by atoms with E-state index in [1.54, 1.807) is 13.1 Å². The molecule has 1 aromatic rings. The number of anilines is 1. The monoisotopic (exact) mass is 252 g/mol. The van der Waals surface area contributed by atoms with E-state index in [0.29, 0.717) is 31.4 Å². The molecule has 0 aliphatic heterocycles. The van der Waals surface area contributed by atoms with Crippen LogP contribution in [0.5, 0.6) is 0 Å². The molecule has 0 bridgehead atoms. The Kier molecular flexibility index (Phi) is 6.07. The molecule has 0 aliphatic rings. The topological polar surface area (TPSA) is 76.1 Å². The van der Waals surface area contributed by atoms with E-state index in [-0.39, 0.29) is 5.91 Å². The van der Waals surface area contributed by atoms with Gasteiger partial charge < -0.3 is 15.4 Å². The van der Waals surface area contributed by atoms with Gasteiger partial charge in [-0.1, -0.05) is 0 Å². The molecule has 18 heavy (non-hydrogen) atoms. The lowest BCUT2D eigenvalue weighted by Crippen LogP contribution is -2.26. The molecule has 2 N–H and O–H groups in total. The molecule has 1 rings (SSSR count). The summed E-state index contributed by atoms with van der Waals surface area (Å²) in [7, 11) is 1.72. The number of hydrogen-bond donors (Lipinski definition) is 2. The molecule has 6 nitrogen and oxygen atoms in total. The summed E-state index contributed by atoms with van der Waals surface area (Å²) in [6.07, 6.45) is 0.794. The Labute approximate surface area is 107 Å². The van der Waals surface area contributed by atoms with Gasteiger partial charge in [0.25, 0.3) is 5.91 Å². The van der Waals surface area contributed by atoms with Crippen molar-refractivity contribution in [2.75, 3.05) is 32.1 Å². The summed E-state index contributed by atoms with van der Waals surface area (Å²) in [6, 6.07) is 1.67. The highest BCUT2D eigenvalue weighted by Gasteiger charge is 2.09. The highest BCUT2D eigenvalue weighted by molar-refractivity contribution is 5.92. The van der Waals surface area contributed by atoms with E-state index < -0.39 is 0 Å². The number of aryl methyl sites for hydroxylation is 1. The van der Waals surface area contributed by atoms with Crippen LogP contribution in [-0.4, -0.2) is 42.7 Å². The lowest BCUT2D eigenvalue weighted by Gasteiger charge is -2.07. The van der Waals surface area contributed by atoms with Crippen molar-refractivity contribution < 1.29 is 9.53 Å². The largest absolute Gasteiger partial charge is 0.382 e. The SMILES string of the molecule is CCOCCCNC(=O)c1cc(C)nc(NC)n1. The van der Waals surface area contributed by atoms with Crippen molar-refractivity contribution in [3.63, 3.8) is 0 Å². The molecule has 1 amide bonds. The fraction of sp³-hybridized carbons (Fsp3) is 0.583. The van der Waals surface area contributed by atoms with E-state index in [2.05, 4.69) is 20.6 Å². The molecule has 100 valence electrons. The van der Waals surface area contributed by atoms with Gasteiger partial charge in [0.2, 0.25) is 5.95 Å². The smallest absolute Gasteiger partial charge is 0.270 e. The first-order chi connectivity index (χ1) is 8.67. The Bertz CT molecular complexity index is 396. The van der Waals surface area contributed by atoms with Crippen LogP contribution in [0.1, 0.15) is 29.5 Å². The number of nitrogens with one attached hydrogen (secondary N) is 2. The number of hydrogen-bond acceptors (Lipinski definition) is 5. The lowest BCUT2D eigenvalue weighted by molar-refractivity contribution is 0.0939. The summed E-state index contributed by atoms with van der Waals surface area (Å²) in [6.45, 7) is 5.71. The van der Waals surface area contributed by atoms with Crippen molar-refractivity contribution >= 4 is 11.9 Å². The van der Waals surface area contributed by atoms with Crippen LogP contribution in [-0.2, 0) is 4.74 Å². The van der Waals surface area contributed by atoms with Gasteiger partial charge in [-0.15, -0.1) is 0 Å². The lowest BCUT2D eigenvalue weighted by atomic mass is 10.3. The molecular weight excluding hydrogens is 232 g/mol. The van der Waals surface area contributed by atoms with E-state index in [1.165, 1.54) is 0 Å². The van der Waals surface area contributed by atoms with Gasteiger partial charge in [-0.05, 0) is 26.3 Å². The Morgan fingerprint density at radius 2 is 2.22 bits per heavy atom. The van der Waals surface area contributed by atoms with E-state index in [4.69, 9.17) is 4.74 Å². The summed E-state index contributed by atoms with van der Waals surface area (Å²) in [5, 5.41) is 5.62. The molecular formula is C12H20N4O2. The predicted molar refractivity (Wildman–Crippen MR) is 69.8 cm³/mol. The first-order valence-electron chi connectivity index (χ1n) is 6.06. The van der Waals surface area contributed by atoms with Gasteiger partial charge in [0.05, 0.1) is 0 Å². The minimum absolute atomic E-state index is 0.187. The van der Waals surface area contributed by atoms with Crippen molar-refractivity contribution in [1.82, 2.24) is 15.3 Å². The molecule has 0 spiro atoms. The van der Waals surface area contributed by atoms with E-state index in [1.807, 2.05) is 13.8 Å². The number of amides is 1. The molecule has 0 radical (unpaired) electrons. The first kappa shape index (κ1) is 14.4. The van der Waals surface area contributed by atoms with Crippen LogP contribution < -0.4 is 10.6 Å². The van der Waals surface area contributed by atoms with Crippen LogP contribution in [0.4, 0.5) is 5.95 Å². The summed E-state index contributed by atoms with van der Waals surface area (Å²) < 4.78 is 5.19. The van der Waals surface area contributed by atoms with Crippen molar-refractivity contribution in [1.29, 1.82) is 0 Å². The summed E-state index contributed by atoms with van der Waals surface area (Å²) in [5.74, 6) is 0.267. The molecule has 1 aromatic heterocycles. The predicted octanol–water partition coefficient (Wildman–Crippen LogP) is 0.983. The van der Waals surface area contributed by atoms with Gasteiger partial charge in [0.1, 0.15) is 5.69 Å². The quantitative estimate of drug-likeness (QED) is 0.708. The van der Waals surface area contributed by atoms with Crippen LogP contribution in [0.2, 0.25) is 0 Å². The van der Waals surface area contributed by atoms with Gasteiger partial charge >= 0.3 is 0 Å². The average Bonchev–Trinajstić information content (AvgIpc) is 2.37. The molecule has 0 unspecified atom stereocenters. The fourth-order valence-electron chi connectivity index (χ4n) is 1.41. The number of nitrogens with zero attached hydrogens (tertiary/aromatic N) is 2. The maximum absolute atomic E-state index is 11.8. The van der Waals surface area contributed by atoms with Crippen molar-refractivity contribution in [2.45, 2.75) is 20.3 Å². The number of aromatic nitrogens is 2. The number of rotatable bonds is 7. The standard InChI is InChI=1S/C12H20N4O2/c1-4-18-7-5-6-14-11(17)10-8-9(2)15-12(13-3)16-10/h8H,4-7H2,1-3H3,(H,14,17)(H,13,15,16). The Morgan fingerprint density at radius 1 is 1.44 bits per heavy atom.